The Balaban J connectivity index is 1.25. The first kappa shape index (κ1) is 26.5. The van der Waals surface area contributed by atoms with Crippen LogP contribution in [0.5, 0.6) is 23.0 Å². The van der Waals surface area contributed by atoms with Gasteiger partial charge in [0.15, 0.2) is 0 Å². The summed E-state index contributed by atoms with van der Waals surface area (Å²) in [6, 6.07) is 49.1. The van der Waals surface area contributed by atoms with Gasteiger partial charge in [0.1, 0.15) is 23.0 Å². The van der Waals surface area contributed by atoms with Crippen LogP contribution in [0.3, 0.4) is 0 Å². The number of para-hydroxylation sites is 2. The molecule has 9 rings (SSSR count). The molecular formula is C42H28BNO2. The lowest BCUT2D eigenvalue weighted by Crippen LogP contribution is -2.57. The molecule has 0 spiro atoms. The molecule has 0 fully saturated rings. The summed E-state index contributed by atoms with van der Waals surface area (Å²) in [5.74, 6) is 3.46. The van der Waals surface area contributed by atoms with Gasteiger partial charge in [-0.1, -0.05) is 121 Å². The minimum Gasteiger partial charge on any atom is -0.458 e. The third-order valence-corrected chi connectivity index (χ3v) is 9.27. The van der Waals surface area contributed by atoms with Gasteiger partial charge in [-0.3, -0.25) is 4.98 Å². The normalized spacial score (nSPS) is 12.3. The minimum absolute atomic E-state index is 0.0326. The Bertz CT molecular complexity index is 2150. The Morgan fingerprint density at radius 1 is 0.478 bits per heavy atom. The third-order valence-electron chi connectivity index (χ3n) is 9.27. The predicted octanol–water partition coefficient (Wildman–Crippen LogP) is 8.79. The smallest absolute Gasteiger partial charge is 0.260 e. The Morgan fingerprint density at radius 2 is 1.00 bits per heavy atom. The molecule has 3 nitrogen and oxygen atoms in total. The van der Waals surface area contributed by atoms with Crippen LogP contribution in [0, 0.1) is 6.92 Å². The molecule has 0 radical (unpaired) electrons. The maximum absolute atomic E-state index is 6.92. The number of aromatic nitrogens is 1. The monoisotopic (exact) mass is 589 g/mol. The van der Waals surface area contributed by atoms with Crippen molar-refractivity contribution in [2.24, 2.45) is 0 Å². The number of fused-ring (bicyclic) bond motifs is 4. The van der Waals surface area contributed by atoms with Gasteiger partial charge in [-0.25, -0.2) is 0 Å². The second-order valence-corrected chi connectivity index (χ2v) is 12.0. The largest absolute Gasteiger partial charge is 0.458 e. The molecule has 0 atom stereocenters. The molecule has 46 heavy (non-hydrogen) atoms. The number of ether oxygens (including phenoxy) is 2. The second kappa shape index (κ2) is 10.6. The van der Waals surface area contributed by atoms with Gasteiger partial charge in [-0.05, 0) is 69.4 Å². The predicted molar refractivity (Wildman–Crippen MR) is 188 cm³/mol. The van der Waals surface area contributed by atoms with Crippen LogP contribution in [0.15, 0.2) is 152 Å². The topological polar surface area (TPSA) is 31.4 Å². The van der Waals surface area contributed by atoms with Crippen molar-refractivity contribution < 1.29 is 9.47 Å². The van der Waals surface area contributed by atoms with Crippen LogP contribution in [0.2, 0.25) is 0 Å². The standard InChI is InChI=1S/C42H28BNO2/c1-27-22-23-44-26-35(27)31-20-18-28(19-21-31)32-24-38-40-39(25-32)46-42-34(30-12-6-3-7-13-30)15-9-17-37(42)43(40)36-16-8-14-33(41(36)45-38)29-10-4-2-5-11-29/h2-26H,1H3. The van der Waals surface area contributed by atoms with Crippen molar-refractivity contribution in [3.63, 3.8) is 0 Å². The highest BCUT2D eigenvalue weighted by molar-refractivity contribution is 6.98. The average molecular weight is 590 g/mol. The van der Waals surface area contributed by atoms with Crippen LogP contribution in [0.1, 0.15) is 5.56 Å². The molecule has 6 aromatic carbocycles. The molecule has 216 valence electrons. The molecule has 0 N–H and O–H groups in total. The molecule has 3 heterocycles. The van der Waals surface area contributed by atoms with E-state index in [4.69, 9.17) is 9.47 Å². The summed E-state index contributed by atoms with van der Waals surface area (Å²) in [5, 5.41) is 0. The van der Waals surface area contributed by atoms with Crippen molar-refractivity contribution in [2.75, 3.05) is 0 Å². The first-order valence-electron chi connectivity index (χ1n) is 15.6. The number of benzene rings is 6. The van der Waals surface area contributed by atoms with E-state index in [9.17, 15) is 0 Å². The fraction of sp³-hybridized carbons (Fsp3) is 0.0238. The first-order valence-corrected chi connectivity index (χ1v) is 15.6. The summed E-state index contributed by atoms with van der Waals surface area (Å²) in [6.45, 7) is 2.09. The Morgan fingerprint density at radius 3 is 1.54 bits per heavy atom. The zero-order valence-corrected chi connectivity index (χ0v) is 25.3. The van der Waals surface area contributed by atoms with Gasteiger partial charge in [0.2, 0.25) is 0 Å². The van der Waals surface area contributed by atoms with Crippen LogP contribution in [-0.2, 0) is 0 Å². The van der Waals surface area contributed by atoms with E-state index >= 15 is 0 Å². The molecule has 0 amide bonds. The highest BCUT2D eigenvalue weighted by Crippen LogP contribution is 2.43. The van der Waals surface area contributed by atoms with E-state index in [1.807, 2.05) is 30.6 Å². The second-order valence-electron chi connectivity index (χ2n) is 12.0. The summed E-state index contributed by atoms with van der Waals surface area (Å²) in [6.07, 6.45) is 3.76. The quantitative estimate of drug-likeness (QED) is 0.192. The third kappa shape index (κ3) is 4.26. The van der Waals surface area contributed by atoms with E-state index in [1.165, 1.54) is 5.56 Å². The van der Waals surface area contributed by atoms with E-state index in [1.54, 1.807) is 0 Å². The van der Waals surface area contributed by atoms with Gasteiger partial charge in [0.25, 0.3) is 6.71 Å². The number of hydrogen-bond acceptors (Lipinski definition) is 3. The zero-order valence-electron chi connectivity index (χ0n) is 25.3. The average Bonchev–Trinajstić information content (AvgIpc) is 3.12. The fourth-order valence-electron chi connectivity index (χ4n) is 7.01. The lowest BCUT2D eigenvalue weighted by atomic mass is 9.34. The van der Waals surface area contributed by atoms with Gasteiger partial charge in [-0.15, -0.1) is 0 Å². The lowest BCUT2D eigenvalue weighted by Gasteiger charge is -2.35. The summed E-state index contributed by atoms with van der Waals surface area (Å²) >= 11 is 0. The molecule has 0 unspecified atom stereocenters. The van der Waals surface area contributed by atoms with E-state index < -0.39 is 0 Å². The highest BCUT2D eigenvalue weighted by Gasteiger charge is 2.42. The summed E-state index contributed by atoms with van der Waals surface area (Å²) < 4.78 is 13.8. The number of pyridine rings is 1. The molecular weight excluding hydrogens is 561 g/mol. The van der Waals surface area contributed by atoms with Crippen LogP contribution in [0.25, 0.3) is 44.5 Å². The van der Waals surface area contributed by atoms with Crippen LogP contribution in [-0.4, -0.2) is 11.7 Å². The number of rotatable bonds is 4. The first-order chi connectivity index (χ1) is 22.7. The maximum Gasteiger partial charge on any atom is 0.260 e. The molecule has 0 aliphatic carbocycles. The lowest BCUT2D eigenvalue weighted by molar-refractivity contribution is 0.466. The number of aryl methyl sites for hydroxylation is 1. The van der Waals surface area contributed by atoms with Crippen molar-refractivity contribution in [2.45, 2.75) is 6.92 Å². The van der Waals surface area contributed by atoms with Crippen molar-refractivity contribution in [3.8, 4) is 67.5 Å². The Kier molecular flexibility index (Phi) is 6.14. The van der Waals surface area contributed by atoms with Crippen LogP contribution in [0.4, 0.5) is 0 Å². The van der Waals surface area contributed by atoms with E-state index in [0.717, 1.165) is 83.9 Å². The van der Waals surface area contributed by atoms with Gasteiger partial charge < -0.3 is 9.47 Å². The molecule has 0 bridgehead atoms. The Labute approximate surface area is 268 Å². The molecule has 1 aromatic heterocycles. The van der Waals surface area contributed by atoms with Crippen LogP contribution >= 0.6 is 0 Å². The maximum atomic E-state index is 6.92. The molecule has 4 heteroatoms. The van der Waals surface area contributed by atoms with E-state index in [0.29, 0.717) is 0 Å². The molecule has 2 aliphatic rings. The SMILES string of the molecule is Cc1ccncc1-c1ccc(-c2cc3c4c(c2)Oc2c(cccc2-c2ccccc2)B4c2cccc(-c4ccccc4)c2O3)cc1. The summed E-state index contributed by atoms with van der Waals surface area (Å²) in [5.41, 5.74) is 13.4. The van der Waals surface area contributed by atoms with Crippen LogP contribution < -0.4 is 25.9 Å². The fourth-order valence-corrected chi connectivity index (χ4v) is 7.01. The van der Waals surface area contributed by atoms with Crippen molar-refractivity contribution in [3.05, 3.63) is 157 Å². The zero-order chi connectivity index (χ0) is 30.6. The minimum atomic E-state index is -0.0326. The van der Waals surface area contributed by atoms with Crippen molar-refractivity contribution in [1.29, 1.82) is 0 Å². The van der Waals surface area contributed by atoms with Crippen molar-refractivity contribution >= 4 is 23.1 Å². The number of nitrogens with zero attached hydrogens (tertiary/aromatic N) is 1. The van der Waals surface area contributed by atoms with E-state index in [2.05, 4.69) is 133 Å². The molecule has 7 aromatic rings. The van der Waals surface area contributed by atoms with Gasteiger partial charge in [0, 0.05) is 34.5 Å². The number of hydrogen-bond donors (Lipinski definition) is 0. The summed E-state index contributed by atoms with van der Waals surface area (Å²) in [7, 11) is 0. The molecule has 2 aliphatic heterocycles. The van der Waals surface area contributed by atoms with E-state index in [-0.39, 0.29) is 6.71 Å². The van der Waals surface area contributed by atoms with Crippen molar-refractivity contribution in [1.82, 2.24) is 4.98 Å². The van der Waals surface area contributed by atoms with Gasteiger partial charge in [0.05, 0.1) is 0 Å². The Hall–Kier alpha value is -5.87. The highest BCUT2D eigenvalue weighted by atomic mass is 16.5. The summed E-state index contributed by atoms with van der Waals surface area (Å²) in [4.78, 5) is 4.35. The van der Waals surface area contributed by atoms with Gasteiger partial charge in [-0.2, -0.15) is 0 Å². The van der Waals surface area contributed by atoms with Gasteiger partial charge >= 0.3 is 0 Å². The molecule has 0 saturated carbocycles. The molecule has 0 saturated heterocycles.